The number of aliphatic hydroxyl groups is 1. The Kier molecular flexibility index (Phi) is 4.07. The monoisotopic (exact) mass is 255 g/mol. The number of anilines is 2. The van der Waals surface area contributed by atoms with Crippen molar-refractivity contribution in [3.8, 4) is 0 Å². The van der Waals surface area contributed by atoms with Crippen LogP contribution >= 0.6 is 11.6 Å². The number of nitrogens with two attached hydrogens (primary N) is 1. The molecule has 94 valence electrons. The van der Waals surface area contributed by atoms with E-state index < -0.39 is 0 Å². The molecule has 1 aromatic heterocycles. The second-order valence-electron chi connectivity index (χ2n) is 4.44. The summed E-state index contributed by atoms with van der Waals surface area (Å²) in [5.74, 6) is 0.774. The molecule has 0 aromatic carbocycles. The van der Waals surface area contributed by atoms with Crippen molar-refractivity contribution in [3.05, 3.63) is 17.3 Å². The summed E-state index contributed by atoms with van der Waals surface area (Å²) in [6.45, 7) is 0.696. The van der Waals surface area contributed by atoms with Gasteiger partial charge in [0, 0.05) is 24.3 Å². The van der Waals surface area contributed by atoms with Crippen molar-refractivity contribution >= 4 is 23.1 Å². The van der Waals surface area contributed by atoms with Gasteiger partial charge in [0.2, 0.25) is 0 Å². The van der Waals surface area contributed by atoms with E-state index >= 15 is 0 Å². The zero-order valence-corrected chi connectivity index (χ0v) is 10.5. The number of hydrogen-bond donors (Lipinski definition) is 2. The molecule has 1 saturated carbocycles. The van der Waals surface area contributed by atoms with Crippen LogP contribution in [0.4, 0.5) is 11.5 Å². The van der Waals surface area contributed by atoms with Crippen LogP contribution in [-0.2, 0) is 0 Å². The van der Waals surface area contributed by atoms with E-state index in [9.17, 15) is 0 Å². The fraction of sp³-hybridized carbons (Fsp3) is 0.583. The molecule has 0 spiro atoms. The highest BCUT2D eigenvalue weighted by atomic mass is 35.5. The minimum absolute atomic E-state index is 0.116. The first-order valence-electron chi connectivity index (χ1n) is 6.01. The van der Waals surface area contributed by atoms with Crippen LogP contribution in [0.1, 0.15) is 25.7 Å². The fourth-order valence-corrected chi connectivity index (χ4v) is 2.67. The second-order valence-corrected chi connectivity index (χ2v) is 4.82. The summed E-state index contributed by atoms with van der Waals surface area (Å²) in [7, 11) is 0. The Balaban J connectivity index is 2.24. The minimum Gasteiger partial charge on any atom is -0.399 e. The molecular formula is C12H18ClN3O. The molecule has 5 heteroatoms. The van der Waals surface area contributed by atoms with Crippen molar-refractivity contribution in [3.63, 3.8) is 0 Å². The van der Waals surface area contributed by atoms with Gasteiger partial charge in [0.1, 0.15) is 11.0 Å². The summed E-state index contributed by atoms with van der Waals surface area (Å²) in [5.41, 5.74) is 6.39. The van der Waals surface area contributed by atoms with Crippen molar-refractivity contribution in [1.82, 2.24) is 4.98 Å². The van der Waals surface area contributed by atoms with Gasteiger partial charge in [0.15, 0.2) is 0 Å². The highest BCUT2D eigenvalue weighted by Crippen LogP contribution is 2.28. The predicted molar refractivity (Wildman–Crippen MR) is 70.3 cm³/mol. The zero-order valence-electron chi connectivity index (χ0n) is 9.77. The van der Waals surface area contributed by atoms with Crippen LogP contribution in [0.2, 0.25) is 5.15 Å². The molecule has 1 aliphatic rings. The molecule has 0 aliphatic heterocycles. The molecule has 0 saturated heterocycles. The zero-order chi connectivity index (χ0) is 12.3. The molecule has 17 heavy (non-hydrogen) atoms. The number of rotatable bonds is 4. The minimum atomic E-state index is 0.116. The molecule has 0 amide bonds. The van der Waals surface area contributed by atoms with Crippen LogP contribution < -0.4 is 10.6 Å². The maximum absolute atomic E-state index is 9.16. The van der Waals surface area contributed by atoms with E-state index in [4.69, 9.17) is 22.4 Å². The molecule has 1 aromatic rings. The van der Waals surface area contributed by atoms with E-state index in [0.29, 0.717) is 23.4 Å². The summed E-state index contributed by atoms with van der Waals surface area (Å²) in [6, 6.07) is 3.91. The molecule has 1 heterocycles. The number of hydrogen-bond acceptors (Lipinski definition) is 4. The molecule has 0 atom stereocenters. The van der Waals surface area contributed by atoms with Crippen LogP contribution in [0.3, 0.4) is 0 Å². The molecular weight excluding hydrogens is 238 g/mol. The lowest BCUT2D eigenvalue weighted by Crippen LogP contribution is -2.36. The highest BCUT2D eigenvalue weighted by molar-refractivity contribution is 6.29. The highest BCUT2D eigenvalue weighted by Gasteiger charge is 2.23. The van der Waals surface area contributed by atoms with Crippen LogP contribution in [0.15, 0.2) is 12.1 Å². The lowest BCUT2D eigenvalue weighted by atomic mass is 10.2. The predicted octanol–water partition coefficient (Wildman–Crippen LogP) is 2.06. The van der Waals surface area contributed by atoms with Crippen LogP contribution in [0.5, 0.6) is 0 Å². The summed E-state index contributed by atoms with van der Waals surface area (Å²) in [6.07, 6.45) is 4.77. The van der Waals surface area contributed by atoms with Crippen molar-refractivity contribution in [2.75, 3.05) is 23.8 Å². The van der Waals surface area contributed by atoms with Gasteiger partial charge in [-0.05, 0) is 18.9 Å². The lowest BCUT2D eigenvalue weighted by Gasteiger charge is -2.29. The third-order valence-electron chi connectivity index (χ3n) is 3.20. The number of aromatic nitrogens is 1. The summed E-state index contributed by atoms with van der Waals surface area (Å²) in [5, 5.41) is 9.57. The quantitative estimate of drug-likeness (QED) is 0.809. The van der Waals surface area contributed by atoms with Crippen molar-refractivity contribution < 1.29 is 5.11 Å². The fourth-order valence-electron chi connectivity index (χ4n) is 2.46. The number of nitrogen functional groups attached to an aromatic ring is 1. The van der Waals surface area contributed by atoms with Crippen LogP contribution in [0, 0.1) is 0 Å². The molecule has 2 rings (SSSR count). The van der Waals surface area contributed by atoms with Crippen molar-refractivity contribution in [2.45, 2.75) is 31.7 Å². The third-order valence-corrected chi connectivity index (χ3v) is 3.40. The van der Waals surface area contributed by atoms with Gasteiger partial charge in [0.25, 0.3) is 0 Å². The number of halogens is 1. The number of nitrogens with zero attached hydrogens (tertiary/aromatic N) is 2. The Bertz CT molecular complexity index is 360. The van der Waals surface area contributed by atoms with Gasteiger partial charge in [-0.25, -0.2) is 4.98 Å². The molecule has 1 fully saturated rings. The SMILES string of the molecule is Nc1cc(Cl)nc(N(CCO)C2CCCC2)c1. The molecule has 0 bridgehead atoms. The average Bonchev–Trinajstić information content (AvgIpc) is 2.77. The topological polar surface area (TPSA) is 62.4 Å². The molecule has 0 radical (unpaired) electrons. The molecule has 0 unspecified atom stereocenters. The van der Waals surface area contributed by atoms with Gasteiger partial charge in [-0.2, -0.15) is 0 Å². The van der Waals surface area contributed by atoms with E-state index in [-0.39, 0.29) is 6.61 Å². The third kappa shape index (κ3) is 3.01. The van der Waals surface area contributed by atoms with E-state index in [1.165, 1.54) is 12.8 Å². The maximum atomic E-state index is 9.16. The molecule has 4 nitrogen and oxygen atoms in total. The second kappa shape index (κ2) is 5.56. The number of pyridine rings is 1. The summed E-state index contributed by atoms with van der Waals surface area (Å²) in [4.78, 5) is 6.42. The van der Waals surface area contributed by atoms with E-state index in [1.807, 2.05) is 6.07 Å². The Morgan fingerprint density at radius 1 is 1.41 bits per heavy atom. The van der Waals surface area contributed by atoms with Crippen LogP contribution in [-0.4, -0.2) is 29.3 Å². The Hall–Kier alpha value is -1.00. The molecule has 1 aliphatic carbocycles. The molecule has 3 N–H and O–H groups in total. The number of aliphatic hydroxyl groups excluding tert-OH is 1. The van der Waals surface area contributed by atoms with E-state index in [2.05, 4.69) is 9.88 Å². The first-order valence-corrected chi connectivity index (χ1v) is 6.39. The Morgan fingerprint density at radius 2 is 2.12 bits per heavy atom. The van der Waals surface area contributed by atoms with E-state index in [0.717, 1.165) is 18.7 Å². The van der Waals surface area contributed by atoms with Gasteiger partial charge in [0.05, 0.1) is 6.61 Å². The average molecular weight is 256 g/mol. The van der Waals surface area contributed by atoms with Gasteiger partial charge < -0.3 is 15.7 Å². The van der Waals surface area contributed by atoms with Gasteiger partial charge in [-0.15, -0.1) is 0 Å². The summed E-state index contributed by atoms with van der Waals surface area (Å²) < 4.78 is 0. The Morgan fingerprint density at radius 3 is 2.71 bits per heavy atom. The first kappa shape index (κ1) is 12.5. The Labute approximate surface area is 106 Å². The first-order chi connectivity index (χ1) is 8.20. The van der Waals surface area contributed by atoms with Crippen molar-refractivity contribution in [1.29, 1.82) is 0 Å². The normalized spacial score (nSPS) is 16.4. The maximum Gasteiger partial charge on any atom is 0.133 e. The van der Waals surface area contributed by atoms with Crippen molar-refractivity contribution in [2.24, 2.45) is 0 Å². The van der Waals surface area contributed by atoms with E-state index in [1.54, 1.807) is 6.07 Å². The van der Waals surface area contributed by atoms with Gasteiger partial charge in [-0.1, -0.05) is 24.4 Å². The van der Waals surface area contributed by atoms with Gasteiger partial charge in [-0.3, -0.25) is 0 Å². The largest absolute Gasteiger partial charge is 0.399 e. The van der Waals surface area contributed by atoms with Crippen LogP contribution in [0.25, 0.3) is 0 Å². The summed E-state index contributed by atoms with van der Waals surface area (Å²) >= 11 is 5.92. The van der Waals surface area contributed by atoms with Gasteiger partial charge >= 0.3 is 0 Å². The smallest absolute Gasteiger partial charge is 0.133 e. The lowest BCUT2D eigenvalue weighted by molar-refractivity contribution is 0.297. The standard InChI is InChI=1S/C12H18ClN3O/c13-11-7-9(14)8-12(15-11)16(5-6-17)10-3-1-2-4-10/h7-8,10,17H,1-6H2,(H2,14,15).